The lowest BCUT2D eigenvalue weighted by molar-refractivity contribution is -0.137. The van der Waals surface area contributed by atoms with Gasteiger partial charge in [0.15, 0.2) is 0 Å². The van der Waals surface area contributed by atoms with Crippen molar-refractivity contribution in [3.05, 3.63) is 59.7 Å². The molecule has 0 fully saturated rings. The molecule has 0 saturated carbocycles. The zero-order valence-corrected chi connectivity index (χ0v) is 17.2. The van der Waals surface area contributed by atoms with E-state index in [0.29, 0.717) is 17.3 Å². The van der Waals surface area contributed by atoms with Crippen molar-refractivity contribution in [1.82, 2.24) is 9.78 Å². The number of benzene rings is 2. The van der Waals surface area contributed by atoms with E-state index >= 15 is 0 Å². The number of hydrogen-bond donors (Lipinski definition) is 2. The molecule has 32 heavy (non-hydrogen) atoms. The minimum absolute atomic E-state index is 0.000906. The second kappa shape index (κ2) is 8.03. The molecule has 1 aliphatic heterocycles. The number of aromatic nitrogens is 2. The van der Waals surface area contributed by atoms with E-state index in [1.807, 2.05) is 19.1 Å². The average Bonchev–Trinajstić information content (AvgIpc) is 3.23. The van der Waals surface area contributed by atoms with Crippen LogP contribution >= 0.6 is 0 Å². The van der Waals surface area contributed by atoms with E-state index in [1.54, 1.807) is 19.2 Å². The molecule has 0 bridgehead atoms. The van der Waals surface area contributed by atoms with Crippen LogP contribution in [-0.2, 0) is 15.8 Å². The minimum atomic E-state index is -4.52. The van der Waals surface area contributed by atoms with Crippen molar-refractivity contribution >= 4 is 23.3 Å². The van der Waals surface area contributed by atoms with Gasteiger partial charge in [0.05, 0.1) is 24.8 Å². The zero-order chi connectivity index (χ0) is 23.0. The Morgan fingerprint density at radius 1 is 1.22 bits per heavy atom. The molecule has 0 unspecified atom stereocenters. The highest BCUT2D eigenvalue weighted by atomic mass is 19.4. The molecule has 7 nitrogen and oxygen atoms in total. The van der Waals surface area contributed by atoms with Crippen LogP contribution < -0.4 is 15.4 Å². The fraction of sp³-hybridized carbons (Fsp3) is 0.227. The maximum Gasteiger partial charge on any atom is 0.416 e. The first-order chi connectivity index (χ1) is 15.2. The summed E-state index contributed by atoms with van der Waals surface area (Å²) in [4.78, 5) is 24.9. The number of anilines is 2. The second-order valence-electron chi connectivity index (χ2n) is 7.33. The number of alkyl halides is 3. The predicted molar refractivity (Wildman–Crippen MR) is 111 cm³/mol. The van der Waals surface area contributed by atoms with Crippen molar-refractivity contribution < 1.29 is 27.5 Å². The molecule has 166 valence electrons. The summed E-state index contributed by atoms with van der Waals surface area (Å²) in [6.45, 7) is 1.81. The van der Waals surface area contributed by atoms with E-state index in [2.05, 4.69) is 15.7 Å². The maximum absolute atomic E-state index is 12.9. The molecular formula is C22H19F3N4O3. The van der Waals surface area contributed by atoms with Crippen LogP contribution in [0.15, 0.2) is 48.5 Å². The largest absolute Gasteiger partial charge is 0.497 e. The van der Waals surface area contributed by atoms with Crippen molar-refractivity contribution in [2.24, 2.45) is 0 Å². The number of amides is 2. The molecule has 2 amide bonds. The highest BCUT2D eigenvalue weighted by Crippen LogP contribution is 2.36. The molecular weight excluding hydrogens is 425 g/mol. The van der Waals surface area contributed by atoms with Crippen molar-refractivity contribution in [1.29, 1.82) is 0 Å². The standard InChI is InChI=1S/C22H19F3N4O3/c1-12-19(13-6-8-16(32-2)9-7-13)28-29-17(21(31)27-20(12)29)11-18(30)26-15-5-3-4-14(10-15)22(23,24)25/h3-10,17H,11H2,1-2H3,(H,26,30)(H,27,31)/t17-/m0/s1. The van der Waals surface area contributed by atoms with Crippen LogP contribution in [0.3, 0.4) is 0 Å². The van der Waals surface area contributed by atoms with Crippen molar-refractivity contribution in [2.45, 2.75) is 25.6 Å². The van der Waals surface area contributed by atoms with Gasteiger partial charge in [0.1, 0.15) is 17.6 Å². The van der Waals surface area contributed by atoms with Crippen LogP contribution in [0, 0.1) is 6.92 Å². The van der Waals surface area contributed by atoms with E-state index < -0.39 is 29.6 Å². The van der Waals surface area contributed by atoms with Gasteiger partial charge in [-0.25, -0.2) is 4.68 Å². The molecule has 2 N–H and O–H groups in total. The van der Waals surface area contributed by atoms with Gasteiger partial charge < -0.3 is 15.4 Å². The molecule has 1 aromatic heterocycles. The lowest BCUT2D eigenvalue weighted by atomic mass is 10.1. The number of nitrogens with one attached hydrogen (secondary N) is 2. The summed E-state index contributed by atoms with van der Waals surface area (Å²) < 4.78 is 45.3. The van der Waals surface area contributed by atoms with Crippen molar-refractivity contribution in [2.75, 3.05) is 17.7 Å². The topological polar surface area (TPSA) is 85.2 Å². The first-order valence-corrected chi connectivity index (χ1v) is 9.69. The highest BCUT2D eigenvalue weighted by molar-refractivity contribution is 6.02. The average molecular weight is 444 g/mol. The number of ether oxygens (including phenoxy) is 1. The first kappa shape index (κ1) is 21.4. The van der Waals surface area contributed by atoms with E-state index in [9.17, 15) is 22.8 Å². The number of fused-ring (bicyclic) bond motifs is 1. The molecule has 1 aliphatic rings. The number of nitrogens with zero attached hydrogens (tertiary/aromatic N) is 2. The van der Waals surface area contributed by atoms with Gasteiger partial charge in [-0.15, -0.1) is 0 Å². The normalized spacial score (nSPS) is 15.3. The van der Waals surface area contributed by atoms with Gasteiger partial charge in [-0.2, -0.15) is 18.3 Å². The van der Waals surface area contributed by atoms with E-state index in [1.165, 1.54) is 16.8 Å². The Bertz CT molecular complexity index is 1190. The lowest BCUT2D eigenvalue weighted by Gasteiger charge is -2.12. The number of halogens is 3. The van der Waals surface area contributed by atoms with E-state index in [-0.39, 0.29) is 12.1 Å². The number of methoxy groups -OCH3 is 1. The Kier molecular flexibility index (Phi) is 5.37. The Hall–Kier alpha value is -3.82. The monoisotopic (exact) mass is 444 g/mol. The summed E-state index contributed by atoms with van der Waals surface area (Å²) in [6.07, 6.45) is -4.80. The van der Waals surface area contributed by atoms with Gasteiger partial charge >= 0.3 is 6.18 Å². The van der Waals surface area contributed by atoms with Gasteiger partial charge in [-0.1, -0.05) is 6.07 Å². The third kappa shape index (κ3) is 4.03. The third-order valence-electron chi connectivity index (χ3n) is 5.20. The van der Waals surface area contributed by atoms with Crippen LogP contribution in [0.5, 0.6) is 5.75 Å². The molecule has 0 spiro atoms. The number of rotatable bonds is 5. The van der Waals surface area contributed by atoms with Crippen LogP contribution in [0.4, 0.5) is 24.7 Å². The number of carbonyl (C=O) groups is 2. The van der Waals surface area contributed by atoms with E-state index in [0.717, 1.165) is 23.3 Å². The molecule has 0 saturated heterocycles. The second-order valence-corrected chi connectivity index (χ2v) is 7.33. The molecule has 0 aliphatic carbocycles. The molecule has 3 aromatic rings. The molecule has 10 heteroatoms. The Morgan fingerprint density at radius 3 is 2.59 bits per heavy atom. The summed E-state index contributed by atoms with van der Waals surface area (Å²) in [7, 11) is 1.57. The Morgan fingerprint density at radius 2 is 1.94 bits per heavy atom. The van der Waals surface area contributed by atoms with Gasteiger partial charge in [0.25, 0.3) is 5.91 Å². The van der Waals surface area contributed by atoms with Crippen molar-refractivity contribution in [3.63, 3.8) is 0 Å². The number of hydrogen-bond acceptors (Lipinski definition) is 4. The number of carbonyl (C=O) groups excluding carboxylic acids is 2. The van der Waals surface area contributed by atoms with Crippen LogP contribution in [0.1, 0.15) is 23.6 Å². The predicted octanol–water partition coefficient (Wildman–Crippen LogP) is 4.41. The van der Waals surface area contributed by atoms with E-state index in [4.69, 9.17) is 4.74 Å². The summed E-state index contributed by atoms with van der Waals surface area (Å²) in [5, 5.41) is 9.68. The lowest BCUT2D eigenvalue weighted by Crippen LogP contribution is -2.24. The quantitative estimate of drug-likeness (QED) is 0.611. The molecule has 4 rings (SSSR count). The van der Waals surface area contributed by atoms with Crippen molar-refractivity contribution in [3.8, 4) is 17.0 Å². The fourth-order valence-electron chi connectivity index (χ4n) is 3.57. The zero-order valence-electron chi connectivity index (χ0n) is 17.2. The molecule has 1 atom stereocenters. The van der Waals surface area contributed by atoms with Gasteiger partial charge in [0, 0.05) is 16.8 Å². The summed E-state index contributed by atoms with van der Waals surface area (Å²) >= 11 is 0. The van der Waals surface area contributed by atoms with Crippen LogP contribution in [0.2, 0.25) is 0 Å². The maximum atomic E-state index is 12.9. The van der Waals surface area contributed by atoms with Gasteiger partial charge in [0.2, 0.25) is 5.91 Å². The molecule has 0 radical (unpaired) electrons. The molecule has 2 heterocycles. The summed E-state index contributed by atoms with van der Waals surface area (Å²) in [5.41, 5.74) is 1.32. The summed E-state index contributed by atoms with van der Waals surface area (Å²) in [6, 6.07) is 10.7. The van der Waals surface area contributed by atoms with Gasteiger partial charge in [-0.05, 0) is 49.4 Å². The van der Waals surface area contributed by atoms with Crippen LogP contribution in [0.25, 0.3) is 11.3 Å². The Labute approximate surface area is 181 Å². The SMILES string of the molecule is COc1ccc(-c2nn3c(c2C)NC(=O)[C@@H]3CC(=O)Nc2cccc(C(F)(F)F)c2)cc1. The fourth-order valence-corrected chi connectivity index (χ4v) is 3.57. The highest BCUT2D eigenvalue weighted by Gasteiger charge is 2.36. The Balaban J connectivity index is 1.54. The summed E-state index contributed by atoms with van der Waals surface area (Å²) in [5.74, 6) is 0.167. The minimum Gasteiger partial charge on any atom is -0.497 e. The van der Waals surface area contributed by atoms with Gasteiger partial charge in [-0.3, -0.25) is 9.59 Å². The first-order valence-electron chi connectivity index (χ1n) is 9.69. The smallest absolute Gasteiger partial charge is 0.416 e. The van der Waals surface area contributed by atoms with Crippen LogP contribution in [-0.4, -0.2) is 28.7 Å². The molecule has 2 aromatic carbocycles. The third-order valence-corrected chi connectivity index (χ3v) is 5.20.